The number of rotatable bonds is 3. The first-order chi connectivity index (χ1) is 5.43. The molecule has 0 aliphatic carbocycles. The van der Waals surface area contributed by atoms with Gasteiger partial charge in [-0.2, -0.15) is 0 Å². The average molecular weight is 149 g/mol. The molecule has 0 amide bonds. The zero-order valence-electron chi connectivity index (χ0n) is 6.53. The van der Waals surface area contributed by atoms with Gasteiger partial charge in [0.05, 0.1) is 0 Å². The topological polar surface area (TPSA) is 21.6 Å². The molecule has 0 saturated heterocycles. The summed E-state index contributed by atoms with van der Waals surface area (Å²) in [5.41, 5.74) is 1.16. The molecule has 0 fully saturated rings. The van der Waals surface area contributed by atoms with Crippen LogP contribution in [0, 0.1) is 0 Å². The molecule has 2 heteroatoms. The quantitative estimate of drug-likeness (QED) is 0.475. The Kier molecular flexibility index (Phi) is 3.19. The lowest BCUT2D eigenvalue weighted by Gasteiger charge is -1.98. The predicted molar refractivity (Wildman–Crippen MR) is 45.6 cm³/mol. The van der Waals surface area contributed by atoms with Crippen molar-refractivity contribution in [3.8, 4) is 0 Å². The van der Waals surface area contributed by atoms with E-state index in [-0.39, 0.29) is 0 Å². The molecule has 0 heterocycles. The Balaban J connectivity index is 2.39. The molecule has 0 N–H and O–H groups in total. The Labute approximate surface area is 66.5 Å². The summed E-state index contributed by atoms with van der Waals surface area (Å²) in [5.74, 6) is 0. The van der Waals surface area contributed by atoms with Crippen LogP contribution in [0.4, 0.5) is 0 Å². The van der Waals surface area contributed by atoms with Gasteiger partial charge in [-0.05, 0) is 5.56 Å². The SMILES string of the molecule is CN=COCc1ccccc1. The number of benzene rings is 1. The van der Waals surface area contributed by atoms with Crippen molar-refractivity contribution in [2.45, 2.75) is 6.61 Å². The predicted octanol–water partition coefficient (Wildman–Crippen LogP) is 1.86. The summed E-state index contributed by atoms with van der Waals surface area (Å²) >= 11 is 0. The van der Waals surface area contributed by atoms with Crippen LogP contribution in [-0.4, -0.2) is 13.4 Å². The molecule has 0 saturated carbocycles. The fraction of sp³-hybridized carbons (Fsp3) is 0.222. The van der Waals surface area contributed by atoms with Crippen LogP contribution in [0.3, 0.4) is 0 Å². The van der Waals surface area contributed by atoms with E-state index in [1.54, 1.807) is 7.05 Å². The van der Waals surface area contributed by atoms with Crippen LogP contribution in [0.15, 0.2) is 35.3 Å². The molecule has 0 aliphatic heterocycles. The molecule has 0 radical (unpaired) electrons. The third-order valence-corrected chi connectivity index (χ3v) is 1.27. The fourth-order valence-corrected chi connectivity index (χ4v) is 0.782. The first kappa shape index (κ1) is 7.79. The minimum absolute atomic E-state index is 0.595. The highest BCUT2D eigenvalue weighted by Gasteiger charge is 1.86. The van der Waals surface area contributed by atoms with Crippen LogP contribution in [-0.2, 0) is 11.3 Å². The summed E-state index contributed by atoms with van der Waals surface area (Å²) in [6, 6.07) is 9.99. The van der Waals surface area contributed by atoms with E-state index >= 15 is 0 Å². The van der Waals surface area contributed by atoms with E-state index in [4.69, 9.17) is 4.74 Å². The standard InChI is InChI=1S/C9H11NO/c1-10-8-11-7-9-5-3-2-4-6-9/h2-6,8H,7H2,1H3. The number of hydrogen-bond donors (Lipinski definition) is 0. The number of hydrogen-bond acceptors (Lipinski definition) is 2. The van der Waals surface area contributed by atoms with E-state index in [0.29, 0.717) is 6.61 Å². The highest BCUT2D eigenvalue weighted by Crippen LogP contribution is 1.98. The molecule has 1 aromatic carbocycles. The van der Waals surface area contributed by atoms with Gasteiger partial charge in [-0.25, -0.2) is 0 Å². The Bertz CT molecular complexity index is 218. The van der Waals surface area contributed by atoms with E-state index < -0.39 is 0 Å². The molecule has 0 spiro atoms. The third kappa shape index (κ3) is 2.85. The first-order valence-corrected chi connectivity index (χ1v) is 3.49. The van der Waals surface area contributed by atoms with Crippen molar-refractivity contribution < 1.29 is 4.74 Å². The van der Waals surface area contributed by atoms with Gasteiger partial charge in [0.25, 0.3) is 0 Å². The molecule has 0 unspecified atom stereocenters. The summed E-state index contributed by atoms with van der Waals surface area (Å²) in [6.45, 7) is 0.595. The molecule has 11 heavy (non-hydrogen) atoms. The summed E-state index contributed by atoms with van der Waals surface area (Å²) < 4.78 is 5.08. The van der Waals surface area contributed by atoms with E-state index in [1.807, 2.05) is 30.3 Å². The number of aliphatic imine (C=N–C) groups is 1. The molecule has 0 aromatic heterocycles. The normalized spacial score (nSPS) is 10.3. The van der Waals surface area contributed by atoms with Crippen LogP contribution in [0.2, 0.25) is 0 Å². The molecule has 2 nitrogen and oxygen atoms in total. The molecule has 0 atom stereocenters. The van der Waals surface area contributed by atoms with Crippen molar-refractivity contribution in [2.75, 3.05) is 7.05 Å². The monoisotopic (exact) mass is 149 g/mol. The van der Waals surface area contributed by atoms with Crippen LogP contribution in [0.25, 0.3) is 0 Å². The number of ether oxygens (including phenoxy) is 1. The zero-order chi connectivity index (χ0) is 7.94. The minimum Gasteiger partial charge on any atom is -0.479 e. The van der Waals surface area contributed by atoms with E-state index in [0.717, 1.165) is 5.56 Å². The first-order valence-electron chi connectivity index (χ1n) is 3.49. The second-order valence-electron chi connectivity index (χ2n) is 2.16. The lowest BCUT2D eigenvalue weighted by molar-refractivity contribution is 0.307. The molecular formula is C9H11NO. The maximum atomic E-state index is 5.08. The molecule has 1 rings (SSSR count). The van der Waals surface area contributed by atoms with Crippen molar-refractivity contribution >= 4 is 6.40 Å². The smallest absolute Gasteiger partial charge is 0.169 e. The van der Waals surface area contributed by atoms with E-state index in [1.165, 1.54) is 6.40 Å². The van der Waals surface area contributed by atoms with Gasteiger partial charge >= 0.3 is 0 Å². The maximum Gasteiger partial charge on any atom is 0.169 e. The van der Waals surface area contributed by atoms with Crippen LogP contribution in [0.1, 0.15) is 5.56 Å². The van der Waals surface area contributed by atoms with Crippen molar-refractivity contribution in [3.63, 3.8) is 0 Å². The fourth-order valence-electron chi connectivity index (χ4n) is 0.782. The minimum atomic E-state index is 0.595. The molecule has 1 aromatic rings. The van der Waals surface area contributed by atoms with Crippen molar-refractivity contribution in [1.82, 2.24) is 0 Å². The van der Waals surface area contributed by atoms with Gasteiger partial charge in [0.15, 0.2) is 6.40 Å². The molecule has 0 bridgehead atoms. The lowest BCUT2D eigenvalue weighted by atomic mass is 10.2. The van der Waals surface area contributed by atoms with Gasteiger partial charge in [-0.3, -0.25) is 4.99 Å². The average Bonchev–Trinajstić information content (AvgIpc) is 2.07. The summed E-state index contributed by atoms with van der Waals surface area (Å²) in [5, 5.41) is 0. The van der Waals surface area contributed by atoms with Crippen LogP contribution < -0.4 is 0 Å². The van der Waals surface area contributed by atoms with E-state index in [9.17, 15) is 0 Å². The summed E-state index contributed by atoms with van der Waals surface area (Å²) in [7, 11) is 1.69. The van der Waals surface area contributed by atoms with Gasteiger partial charge in [0, 0.05) is 7.05 Å². The van der Waals surface area contributed by atoms with Crippen LogP contribution >= 0.6 is 0 Å². The molecule has 0 aliphatic rings. The van der Waals surface area contributed by atoms with Gasteiger partial charge in [-0.15, -0.1) is 0 Å². The largest absolute Gasteiger partial charge is 0.479 e. The van der Waals surface area contributed by atoms with Crippen LogP contribution in [0.5, 0.6) is 0 Å². The third-order valence-electron chi connectivity index (χ3n) is 1.27. The lowest BCUT2D eigenvalue weighted by Crippen LogP contribution is -1.88. The highest BCUT2D eigenvalue weighted by atomic mass is 16.5. The van der Waals surface area contributed by atoms with Gasteiger partial charge < -0.3 is 4.74 Å². The molecule has 58 valence electrons. The maximum absolute atomic E-state index is 5.08. The summed E-state index contributed by atoms with van der Waals surface area (Å²) in [4.78, 5) is 3.70. The Hall–Kier alpha value is -1.31. The second kappa shape index (κ2) is 4.50. The zero-order valence-corrected chi connectivity index (χ0v) is 6.53. The van der Waals surface area contributed by atoms with Crippen molar-refractivity contribution in [1.29, 1.82) is 0 Å². The second-order valence-corrected chi connectivity index (χ2v) is 2.16. The van der Waals surface area contributed by atoms with E-state index in [2.05, 4.69) is 4.99 Å². The Morgan fingerprint density at radius 2 is 2.09 bits per heavy atom. The number of nitrogens with zero attached hydrogens (tertiary/aromatic N) is 1. The Morgan fingerprint density at radius 3 is 2.73 bits per heavy atom. The highest BCUT2D eigenvalue weighted by molar-refractivity contribution is 5.45. The van der Waals surface area contributed by atoms with Crippen molar-refractivity contribution in [2.24, 2.45) is 4.99 Å². The Morgan fingerprint density at radius 1 is 1.36 bits per heavy atom. The van der Waals surface area contributed by atoms with Gasteiger partial charge in [0.1, 0.15) is 6.61 Å². The van der Waals surface area contributed by atoms with Gasteiger partial charge in [0.2, 0.25) is 0 Å². The molecular weight excluding hydrogens is 138 g/mol. The summed E-state index contributed by atoms with van der Waals surface area (Å²) in [6.07, 6.45) is 1.45. The van der Waals surface area contributed by atoms with Gasteiger partial charge in [-0.1, -0.05) is 30.3 Å². The van der Waals surface area contributed by atoms with Crippen molar-refractivity contribution in [3.05, 3.63) is 35.9 Å².